The minimum absolute atomic E-state index is 0.00686. The number of carboxylic acid groups (broad SMARTS) is 1. The molecule has 1 aliphatic heterocycles. The van der Waals surface area contributed by atoms with Crippen LogP contribution in [0.25, 0.3) is 0 Å². The molecule has 1 saturated heterocycles. The number of nitrogens with zero attached hydrogens (tertiary/aromatic N) is 1. The Morgan fingerprint density at radius 2 is 1.86 bits per heavy atom. The van der Waals surface area contributed by atoms with Gasteiger partial charge in [0, 0.05) is 14.5 Å². The smallest absolute Gasteiger partial charge is 0.411 e. The van der Waals surface area contributed by atoms with Crippen LogP contribution in [-0.2, 0) is 9.53 Å². The maximum absolute atomic E-state index is 12.4. The first-order chi connectivity index (χ1) is 9.77. The molecular formula is C15H29NO5Si. The van der Waals surface area contributed by atoms with Crippen molar-refractivity contribution in [2.45, 2.75) is 76.5 Å². The van der Waals surface area contributed by atoms with Gasteiger partial charge in [-0.2, -0.15) is 0 Å². The Morgan fingerprint density at radius 1 is 1.32 bits per heavy atom. The van der Waals surface area contributed by atoms with E-state index in [0.717, 1.165) is 6.04 Å². The molecule has 1 amide bonds. The molecule has 0 radical (unpaired) electrons. The molecule has 22 heavy (non-hydrogen) atoms. The van der Waals surface area contributed by atoms with Crippen LogP contribution in [0, 0.1) is 0 Å². The van der Waals surface area contributed by atoms with Crippen LogP contribution in [0.5, 0.6) is 0 Å². The van der Waals surface area contributed by atoms with Crippen molar-refractivity contribution in [3.63, 3.8) is 0 Å². The van der Waals surface area contributed by atoms with Crippen molar-refractivity contribution in [2.24, 2.45) is 0 Å². The summed E-state index contributed by atoms with van der Waals surface area (Å²) >= 11 is 0. The average Bonchev–Trinajstić information content (AvgIpc) is 2.62. The van der Waals surface area contributed by atoms with Gasteiger partial charge in [-0.05, 0) is 27.2 Å². The van der Waals surface area contributed by atoms with Gasteiger partial charge in [0.15, 0.2) is 0 Å². The van der Waals surface area contributed by atoms with Gasteiger partial charge in [0.25, 0.3) is 0 Å². The highest BCUT2D eigenvalue weighted by atomic mass is 28.3. The Bertz CT molecular complexity index is 440. The molecule has 128 valence electrons. The summed E-state index contributed by atoms with van der Waals surface area (Å²) in [5.74, 6) is -1.06. The van der Waals surface area contributed by atoms with Gasteiger partial charge >= 0.3 is 12.1 Å². The van der Waals surface area contributed by atoms with Gasteiger partial charge in [0.2, 0.25) is 0 Å². The van der Waals surface area contributed by atoms with E-state index < -0.39 is 37.4 Å². The number of hydrogen-bond acceptors (Lipinski definition) is 4. The molecule has 2 N–H and O–H groups in total. The molecule has 7 heteroatoms. The molecule has 0 bridgehead atoms. The molecule has 2 atom stereocenters. The Hall–Kier alpha value is -1.08. The summed E-state index contributed by atoms with van der Waals surface area (Å²) in [5.41, 5.74) is -2.06. The molecule has 0 unspecified atom stereocenters. The fraction of sp³-hybridized carbons (Fsp3) is 0.867. The molecule has 0 aromatic rings. The maximum Gasteiger partial charge on any atom is 0.411 e. The number of aliphatic hydroxyl groups excluding tert-OH is 1. The Balaban J connectivity index is 3.05. The van der Waals surface area contributed by atoms with Crippen molar-refractivity contribution in [1.29, 1.82) is 0 Å². The Morgan fingerprint density at radius 3 is 2.27 bits per heavy atom. The molecule has 0 saturated carbocycles. The van der Waals surface area contributed by atoms with Crippen molar-refractivity contribution < 1.29 is 24.5 Å². The van der Waals surface area contributed by atoms with Crippen LogP contribution in [0.3, 0.4) is 0 Å². The van der Waals surface area contributed by atoms with Crippen molar-refractivity contribution in [1.82, 2.24) is 4.90 Å². The van der Waals surface area contributed by atoms with Crippen LogP contribution in [0.4, 0.5) is 4.79 Å². The molecule has 0 spiro atoms. The minimum Gasteiger partial charge on any atom is -0.479 e. The third-order valence-corrected chi connectivity index (χ3v) is 5.53. The van der Waals surface area contributed by atoms with Crippen molar-refractivity contribution in [2.75, 3.05) is 6.54 Å². The van der Waals surface area contributed by atoms with Gasteiger partial charge in [-0.25, -0.2) is 9.59 Å². The van der Waals surface area contributed by atoms with Crippen LogP contribution in [0.2, 0.25) is 25.7 Å². The molecule has 1 rings (SSSR count). The predicted molar refractivity (Wildman–Crippen MR) is 86.7 cm³/mol. The number of amides is 1. The Labute approximate surface area is 133 Å². The lowest BCUT2D eigenvalue weighted by atomic mass is 9.92. The topological polar surface area (TPSA) is 87.1 Å². The normalized spacial score (nSPS) is 26.1. The lowest BCUT2D eigenvalue weighted by molar-refractivity contribution is -0.149. The number of aliphatic carboxylic acids is 1. The number of rotatable bonds is 4. The molecule has 1 fully saturated rings. The first-order valence-electron chi connectivity index (χ1n) is 7.69. The minimum atomic E-state index is -1.47. The number of carbonyl (C=O) groups is 2. The summed E-state index contributed by atoms with van der Waals surface area (Å²) in [6, 6.07) is 0.769. The van der Waals surface area contributed by atoms with E-state index in [-0.39, 0.29) is 13.0 Å². The lowest BCUT2D eigenvalue weighted by Crippen LogP contribution is -2.54. The quantitative estimate of drug-likeness (QED) is 0.773. The monoisotopic (exact) mass is 331 g/mol. The van der Waals surface area contributed by atoms with Crippen LogP contribution < -0.4 is 0 Å². The van der Waals surface area contributed by atoms with E-state index >= 15 is 0 Å². The number of β-amino-alcohol motifs (C(OH)–C–C–N with tert-alkyl or cyclic N) is 1. The number of carboxylic acids is 1. The number of carbonyl (C=O) groups excluding carboxylic acids is 1. The van der Waals surface area contributed by atoms with E-state index in [4.69, 9.17) is 4.74 Å². The van der Waals surface area contributed by atoms with Crippen molar-refractivity contribution in [3.05, 3.63) is 0 Å². The highest BCUT2D eigenvalue weighted by Crippen LogP contribution is 2.37. The summed E-state index contributed by atoms with van der Waals surface area (Å²) in [6.07, 6.45) is -1.08. The van der Waals surface area contributed by atoms with Crippen LogP contribution in [-0.4, -0.2) is 59.0 Å². The van der Waals surface area contributed by atoms with Gasteiger partial charge < -0.3 is 14.9 Å². The summed E-state index contributed by atoms with van der Waals surface area (Å²) < 4.78 is 5.33. The highest BCUT2D eigenvalue weighted by molar-refractivity contribution is 6.76. The zero-order valence-corrected chi connectivity index (χ0v) is 15.5. The van der Waals surface area contributed by atoms with Crippen LogP contribution in [0.15, 0.2) is 0 Å². The number of aliphatic hydroxyl groups is 1. The largest absolute Gasteiger partial charge is 0.479 e. The van der Waals surface area contributed by atoms with E-state index in [0.29, 0.717) is 6.42 Å². The zero-order chi connectivity index (χ0) is 17.3. The average molecular weight is 331 g/mol. The lowest BCUT2D eigenvalue weighted by Gasteiger charge is -2.36. The number of likely N-dealkylation sites (tertiary alicyclic amines) is 1. The summed E-state index contributed by atoms with van der Waals surface area (Å²) in [7, 11) is -1.47. The van der Waals surface area contributed by atoms with Crippen LogP contribution in [0.1, 0.15) is 33.6 Å². The second-order valence-corrected chi connectivity index (χ2v) is 14.0. The number of hydrogen-bond donors (Lipinski definition) is 2. The molecule has 0 aromatic carbocycles. The van der Waals surface area contributed by atoms with E-state index in [2.05, 4.69) is 19.6 Å². The van der Waals surface area contributed by atoms with Gasteiger partial charge in [-0.3, -0.25) is 4.90 Å². The standard InChI is InChI=1S/C15H29NO5Si/c1-14(2,3)21-13(20)16-10-11(17)9-15(16,12(18)19)7-8-22(4,5)6/h11,17H,7-10H2,1-6H3,(H,18,19)/t11-,15+/m0/s1. The molecule has 1 aliphatic rings. The van der Waals surface area contributed by atoms with Gasteiger partial charge in [0.05, 0.1) is 12.6 Å². The molecule has 1 heterocycles. The van der Waals surface area contributed by atoms with E-state index in [9.17, 15) is 19.8 Å². The third-order valence-electron chi connectivity index (χ3n) is 3.78. The molecule has 6 nitrogen and oxygen atoms in total. The molecular weight excluding hydrogens is 302 g/mol. The van der Waals surface area contributed by atoms with Crippen molar-refractivity contribution >= 4 is 20.1 Å². The van der Waals surface area contributed by atoms with Crippen molar-refractivity contribution in [3.8, 4) is 0 Å². The molecule has 0 aromatic heterocycles. The third kappa shape index (κ3) is 4.71. The van der Waals surface area contributed by atoms with E-state index in [1.165, 1.54) is 4.90 Å². The SMILES string of the molecule is CC(C)(C)OC(=O)N1C[C@@H](O)C[C@]1(CC[Si](C)(C)C)C(=O)O. The highest BCUT2D eigenvalue weighted by Gasteiger charge is 2.54. The summed E-state index contributed by atoms with van der Waals surface area (Å²) in [5, 5.41) is 19.7. The summed E-state index contributed by atoms with van der Waals surface area (Å²) in [6.45, 7) is 11.7. The van der Waals surface area contributed by atoms with E-state index in [1.807, 2.05) is 0 Å². The Kier molecular flexibility index (Phi) is 5.34. The second-order valence-electron chi connectivity index (χ2n) is 8.35. The first kappa shape index (κ1) is 19.0. The van der Waals surface area contributed by atoms with Gasteiger partial charge in [0.1, 0.15) is 11.1 Å². The van der Waals surface area contributed by atoms with E-state index in [1.54, 1.807) is 20.8 Å². The summed E-state index contributed by atoms with van der Waals surface area (Å²) in [4.78, 5) is 25.5. The second kappa shape index (κ2) is 6.20. The number of ether oxygens (including phenoxy) is 1. The fourth-order valence-electron chi connectivity index (χ4n) is 2.64. The zero-order valence-electron chi connectivity index (χ0n) is 14.5. The molecule has 0 aliphatic carbocycles. The fourth-order valence-corrected chi connectivity index (χ4v) is 3.81. The van der Waals surface area contributed by atoms with Gasteiger partial charge in [-0.15, -0.1) is 0 Å². The van der Waals surface area contributed by atoms with Gasteiger partial charge in [-0.1, -0.05) is 25.7 Å². The van der Waals surface area contributed by atoms with Crippen LogP contribution >= 0.6 is 0 Å². The maximum atomic E-state index is 12.4. The predicted octanol–water partition coefficient (Wildman–Crippen LogP) is 2.54. The first-order valence-corrected chi connectivity index (χ1v) is 11.4.